The monoisotopic (exact) mass is 338 g/mol. The summed E-state index contributed by atoms with van der Waals surface area (Å²) < 4.78 is 0. The van der Waals surface area contributed by atoms with Gasteiger partial charge in [0.25, 0.3) is 0 Å². The van der Waals surface area contributed by atoms with Gasteiger partial charge in [0.2, 0.25) is 0 Å². The average Bonchev–Trinajstić information content (AvgIpc) is 2.67. The van der Waals surface area contributed by atoms with Gasteiger partial charge in [-0.25, -0.2) is 0 Å². The largest absolute Gasteiger partial charge is 0.330 e. The number of hydrogen-bond acceptors (Lipinski definition) is 3. The molecule has 0 amide bonds. The molecule has 0 unspecified atom stereocenters. The molecule has 0 atom stereocenters. The third kappa shape index (κ3) is 3.59. The van der Waals surface area contributed by atoms with Crippen molar-refractivity contribution >= 4 is 17.6 Å². The maximum absolute atomic E-state index is 5.67. The van der Waals surface area contributed by atoms with E-state index in [-0.39, 0.29) is 5.41 Å². The van der Waals surface area contributed by atoms with Gasteiger partial charge in [-0.2, -0.15) is 0 Å². The molecule has 2 aromatic rings. The molecule has 0 radical (unpaired) electrons. The summed E-state index contributed by atoms with van der Waals surface area (Å²) in [4.78, 5) is 2.55. The highest BCUT2D eigenvalue weighted by atomic mass is 32.1. The first-order valence-corrected chi connectivity index (χ1v) is 9.29. The van der Waals surface area contributed by atoms with E-state index >= 15 is 0 Å². The van der Waals surface area contributed by atoms with Crippen LogP contribution in [0.2, 0.25) is 0 Å². The van der Waals surface area contributed by atoms with E-state index in [1.54, 1.807) is 5.37 Å². The van der Waals surface area contributed by atoms with Crippen LogP contribution in [0.3, 0.4) is 0 Å². The normalized spacial score (nSPS) is 17.5. The van der Waals surface area contributed by atoms with Gasteiger partial charge < -0.3 is 10.6 Å². The first-order valence-electron chi connectivity index (χ1n) is 8.82. The van der Waals surface area contributed by atoms with Gasteiger partial charge >= 0.3 is 0 Å². The molecular weight excluding hydrogens is 312 g/mol. The second-order valence-corrected chi connectivity index (χ2v) is 6.91. The quantitative estimate of drug-likeness (QED) is 0.813. The molecule has 0 bridgehead atoms. The van der Waals surface area contributed by atoms with E-state index in [0.717, 1.165) is 51.0 Å². The van der Waals surface area contributed by atoms with Crippen LogP contribution in [-0.2, 0) is 5.41 Å². The summed E-state index contributed by atoms with van der Waals surface area (Å²) in [6.45, 7) is 4.15. The van der Waals surface area contributed by atoms with Crippen molar-refractivity contribution in [3.63, 3.8) is 0 Å². The Morgan fingerprint density at radius 3 is 2.17 bits per heavy atom. The number of rotatable bonds is 6. The summed E-state index contributed by atoms with van der Waals surface area (Å²) in [5.41, 5.74) is 9.73. The molecule has 3 rings (SSSR count). The van der Waals surface area contributed by atoms with Crippen molar-refractivity contribution in [1.82, 2.24) is 4.90 Å². The van der Waals surface area contributed by atoms with Crippen LogP contribution in [0.5, 0.6) is 0 Å². The van der Waals surface area contributed by atoms with Gasteiger partial charge in [0.05, 0.1) is 0 Å². The molecule has 2 nitrogen and oxygen atoms in total. The van der Waals surface area contributed by atoms with Crippen molar-refractivity contribution in [2.45, 2.75) is 24.7 Å². The first kappa shape index (κ1) is 17.3. The van der Waals surface area contributed by atoms with Gasteiger partial charge in [-0.1, -0.05) is 66.8 Å². The molecule has 0 aromatic heterocycles. The Labute approximate surface area is 150 Å². The van der Waals surface area contributed by atoms with Gasteiger partial charge in [0.1, 0.15) is 0 Å². The molecule has 0 spiro atoms. The summed E-state index contributed by atoms with van der Waals surface area (Å²) >= 11 is 5.05. The van der Waals surface area contributed by atoms with E-state index in [0.29, 0.717) is 0 Å². The Morgan fingerprint density at radius 1 is 0.958 bits per heavy atom. The molecule has 1 heterocycles. The number of piperidine rings is 1. The number of benzene rings is 2. The summed E-state index contributed by atoms with van der Waals surface area (Å²) in [6.07, 6.45) is 3.39. The zero-order valence-electron chi connectivity index (χ0n) is 14.2. The zero-order chi connectivity index (χ0) is 16.8. The molecule has 3 heteroatoms. The highest BCUT2D eigenvalue weighted by molar-refractivity contribution is 7.79. The summed E-state index contributed by atoms with van der Waals surface area (Å²) in [5.74, 6) is 0. The Morgan fingerprint density at radius 2 is 1.58 bits per heavy atom. The van der Waals surface area contributed by atoms with E-state index in [4.69, 9.17) is 18.0 Å². The van der Waals surface area contributed by atoms with Crippen LogP contribution >= 0.6 is 12.2 Å². The maximum Gasteiger partial charge on any atom is 0.0227 e. The zero-order valence-corrected chi connectivity index (χ0v) is 15.0. The molecule has 126 valence electrons. The average molecular weight is 339 g/mol. The molecule has 1 fully saturated rings. The Hall–Kier alpha value is -1.55. The third-order valence-electron chi connectivity index (χ3n) is 5.31. The van der Waals surface area contributed by atoms with Crippen molar-refractivity contribution in [2.75, 3.05) is 26.2 Å². The highest BCUT2D eigenvalue weighted by Gasteiger charge is 2.37. The summed E-state index contributed by atoms with van der Waals surface area (Å²) in [6, 6.07) is 19.8. The standard InChI is InChI=1S/C21H26N2S/c22-13-4-14-23-15-11-21(12-16-23,19-5-2-1-3-6-19)20-9-7-18(17-24)8-10-20/h1-3,5-10,17H,4,11-16,22H2. The predicted molar refractivity (Wildman–Crippen MR) is 106 cm³/mol. The molecule has 0 saturated carbocycles. The van der Waals surface area contributed by atoms with Crippen LogP contribution in [-0.4, -0.2) is 36.4 Å². The molecule has 2 N–H and O–H groups in total. The maximum atomic E-state index is 5.67. The molecule has 1 aliphatic heterocycles. The van der Waals surface area contributed by atoms with Gasteiger partial charge in [-0.3, -0.25) is 0 Å². The lowest BCUT2D eigenvalue weighted by molar-refractivity contribution is 0.178. The highest BCUT2D eigenvalue weighted by Crippen LogP contribution is 2.41. The van der Waals surface area contributed by atoms with Crippen molar-refractivity contribution in [1.29, 1.82) is 0 Å². The molecule has 1 saturated heterocycles. The topological polar surface area (TPSA) is 29.3 Å². The minimum absolute atomic E-state index is 0.112. The number of thiocarbonyl (C=S) groups is 1. The van der Waals surface area contributed by atoms with Crippen LogP contribution in [0, 0.1) is 0 Å². The first-order chi connectivity index (χ1) is 11.8. The molecule has 2 aromatic carbocycles. The van der Waals surface area contributed by atoms with E-state index in [9.17, 15) is 0 Å². The van der Waals surface area contributed by atoms with E-state index in [1.165, 1.54) is 11.1 Å². The Kier molecular flexibility index (Phi) is 5.77. The Bertz CT molecular complexity index is 643. The van der Waals surface area contributed by atoms with Crippen molar-refractivity contribution in [3.05, 3.63) is 71.3 Å². The summed E-state index contributed by atoms with van der Waals surface area (Å²) in [7, 11) is 0. The van der Waals surface area contributed by atoms with Crippen molar-refractivity contribution in [3.8, 4) is 0 Å². The van der Waals surface area contributed by atoms with Crippen LogP contribution in [0.4, 0.5) is 0 Å². The number of likely N-dealkylation sites (tertiary alicyclic amines) is 1. The summed E-state index contributed by atoms with van der Waals surface area (Å²) in [5, 5.41) is 1.74. The van der Waals surface area contributed by atoms with Crippen LogP contribution in [0.1, 0.15) is 36.0 Å². The molecule has 24 heavy (non-hydrogen) atoms. The van der Waals surface area contributed by atoms with Crippen LogP contribution in [0.25, 0.3) is 0 Å². The van der Waals surface area contributed by atoms with Gasteiger partial charge in [-0.15, -0.1) is 0 Å². The predicted octanol–water partition coefficient (Wildman–Crippen LogP) is 3.77. The molecule has 1 aliphatic rings. The molecular formula is C21H26N2S. The lowest BCUT2D eigenvalue weighted by atomic mass is 9.68. The van der Waals surface area contributed by atoms with Gasteiger partial charge in [0.15, 0.2) is 0 Å². The second kappa shape index (κ2) is 8.02. The lowest BCUT2D eigenvalue weighted by Gasteiger charge is -2.43. The van der Waals surface area contributed by atoms with Crippen molar-refractivity contribution in [2.24, 2.45) is 5.73 Å². The van der Waals surface area contributed by atoms with Crippen LogP contribution < -0.4 is 5.73 Å². The smallest absolute Gasteiger partial charge is 0.0227 e. The van der Waals surface area contributed by atoms with Crippen molar-refractivity contribution < 1.29 is 0 Å². The number of hydrogen-bond donors (Lipinski definition) is 1. The van der Waals surface area contributed by atoms with Crippen LogP contribution in [0.15, 0.2) is 54.6 Å². The van der Waals surface area contributed by atoms with E-state index < -0.39 is 0 Å². The fourth-order valence-electron chi connectivity index (χ4n) is 3.86. The molecule has 0 aliphatic carbocycles. The Balaban J connectivity index is 1.90. The second-order valence-electron chi connectivity index (χ2n) is 6.67. The van der Waals surface area contributed by atoms with Gasteiger partial charge in [0, 0.05) is 10.8 Å². The minimum atomic E-state index is 0.112. The van der Waals surface area contributed by atoms with Gasteiger partial charge in [-0.05, 0) is 62.1 Å². The third-order valence-corrected chi connectivity index (χ3v) is 5.59. The fraction of sp³-hybridized carbons (Fsp3) is 0.381. The van der Waals surface area contributed by atoms with E-state index in [1.807, 2.05) is 0 Å². The lowest BCUT2D eigenvalue weighted by Crippen LogP contribution is -2.43. The number of nitrogens with two attached hydrogens (primary N) is 1. The minimum Gasteiger partial charge on any atom is -0.330 e. The fourth-order valence-corrected chi connectivity index (χ4v) is 4.01. The SMILES string of the molecule is NCCCN1CCC(c2ccccc2)(c2ccc(C=S)cc2)CC1. The van der Waals surface area contributed by atoms with E-state index in [2.05, 4.69) is 59.5 Å². The number of nitrogens with zero attached hydrogens (tertiary/aromatic N) is 1.